The molecule has 0 saturated carbocycles. The maximum Gasteiger partial charge on any atom is 0.407 e. The van der Waals surface area contributed by atoms with Gasteiger partial charge in [0, 0.05) is 18.5 Å². The molecule has 9 heteroatoms. The second kappa shape index (κ2) is 16.9. The number of benzene rings is 6. The van der Waals surface area contributed by atoms with Gasteiger partial charge in [0.05, 0.1) is 24.7 Å². The van der Waals surface area contributed by atoms with Crippen molar-refractivity contribution in [1.82, 2.24) is 14.9 Å². The molecule has 1 N–H and O–H groups in total. The van der Waals surface area contributed by atoms with Gasteiger partial charge in [0.25, 0.3) is 0 Å². The number of nitrogens with zero attached hydrogens (tertiary/aromatic N) is 2. The number of esters is 2. The van der Waals surface area contributed by atoms with Crippen LogP contribution in [0.3, 0.4) is 0 Å². The van der Waals surface area contributed by atoms with Crippen molar-refractivity contribution >= 4 is 18.0 Å². The van der Waals surface area contributed by atoms with Gasteiger partial charge >= 0.3 is 18.0 Å². The molecule has 288 valence electrons. The summed E-state index contributed by atoms with van der Waals surface area (Å²) in [5, 5.41) is 2.80. The quantitative estimate of drug-likeness (QED) is 0.0711. The van der Waals surface area contributed by atoms with Gasteiger partial charge in [0.15, 0.2) is 0 Å². The molecule has 9 nitrogen and oxygen atoms in total. The van der Waals surface area contributed by atoms with Crippen molar-refractivity contribution in [2.24, 2.45) is 0 Å². The van der Waals surface area contributed by atoms with Gasteiger partial charge in [-0.05, 0) is 56.6 Å². The molecule has 0 unspecified atom stereocenters. The number of methoxy groups -OCH3 is 1. The molecule has 1 atom stereocenters. The molecule has 1 amide bonds. The highest BCUT2D eigenvalue weighted by atomic mass is 16.6. The maximum absolute atomic E-state index is 13.9. The van der Waals surface area contributed by atoms with Crippen LogP contribution in [-0.2, 0) is 37.6 Å². The summed E-state index contributed by atoms with van der Waals surface area (Å²) in [5.41, 5.74) is 8.20. The molecule has 58 heavy (non-hydrogen) atoms. The number of carbonyl (C=O) groups excluding carboxylic acids is 3. The SMILES string of the molecule is COC(=O)c1ccc(COC(=O)[C@H](Cc2cn(C(c3ccccc3)(c3ccccc3)c3ccccc3)cn2)NC(=O)OCC2c3ccccc3-c3ccccc32)cc1. The van der Waals surface area contributed by atoms with Gasteiger partial charge in [0.1, 0.15) is 24.8 Å². The number of ether oxygens (including phenoxy) is 3. The van der Waals surface area contributed by atoms with E-state index in [2.05, 4.69) is 70.5 Å². The first-order valence-corrected chi connectivity index (χ1v) is 19.1. The zero-order valence-corrected chi connectivity index (χ0v) is 31.9. The van der Waals surface area contributed by atoms with E-state index in [0.29, 0.717) is 16.8 Å². The van der Waals surface area contributed by atoms with Crippen LogP contribution in [-0.4, -0.2) is 47.3 Å². The highest BCUT2D eigenvalue weighted by Crippen LogP contribution is 2.45. The molecular weight excluding hydrogens is 727 g/mol. The van der Waals surface area contributed by atoms with Crippen molar-refractivity contribution in [1.29, 1.82) is 0 Å². The predicted molar refractivity (Wildman–Crippen MR) is 220 cm³/mol. The van der Waals surface area contributed by atoms with E-state index >= 15 is 0 Å². The lowest BCUT2D eigenvalue weighted by Gasteiger charge is -2.37. The van der Waals surface area contributed by atoms with Crippen LogP contribution in [0.4, 0.5) is 4.79 Å². The second-order valence-corrected chi connectivity index (χ2v) is 14.1. The van der Waals surface area contributed by atoms with Crippen LogP contribution in [0.2, 0.25) is 0 Å². The van der Waals surface area contributed by atoms with Gasteiger partial charge in [-0.2, -0.15) is 0 Å². The van der Waals surface area contributed by atoms with Crippen LogP contribution in [0.5, 0.6) is 0 Å². The smallest absolute Gasteiger partial charge is 0.407 e. The normalized spacial score (nSPS) is 12.5. The first-order chi connectivity index (χ1) is 28.4. The largest absolute Gasteiger partial charge is 0.465 e. The van der Waals surface area contributed by atoms with Crippen molar-refractivity contribution < 1.29 is 28.6 Å². The molecule has 1 aliphatic rings. The summed E-state index contributed by atoms with van der Waals surface area (Å²) in [6.45, 7) is -0.00667. The van der Waals surface area contributed by atoms with Crippen LogP contribution < -0.4 is 5.32 Å². The number of hydrogen-bond donors (Lipinski definition) is 1. The van der Waals surface area contributed by atoms with Crippen LogP contribution in [0.1, 0.15) is 55.4 Å². The highest BCUT2D eigenvalue weighted by Gasteiger charge is 2.39. The Bertz CT molecular complexity index is 2380. The third kappa shape index (κ3) is 7.50. The van der Waals surface area contributed by atoms with Gasteiger partial charge in [-0.1, -0.05) is 152 Å². The molecular formula is C49H41N3O6. The van der Waals surface area contributed by atoms with Crippen molar-refractivity contribution in [2.45, 2.75) is 30.5 Å². The van der Waals surface area contributed by atoms with Crippen molar-refractivity contribution in [3.8, 4) is 11.1 Å². The number of imidazole rings is 1. The van der Waals surface area contributed by atoms with Gasteiger partial charge < -0.3 is 24.1 Å². The third-order valence-corrected chi connectivity index (χ3v) is 10.7. The molecule has 1 aromatic heterocycles. The van der Waals surface area contributed by atoms with Crippen molar-refractivity contribution in [3.63, 3.8) is 0 Å². The number of fused-ring (bicyclic) bond motifs is 3. The summed E-state index contributed by atoms with van der Waals surface area (Å²) in [6, 6.07) is 52.3. The molecule has 0 aliphatic heterocycles. The summed E-state index contributed by atoms with van der Waals surface area (Å²) >= 11 is 0. The van der Waals surface area contributed by atoms with E-state index in [0.717, 1.165) is 38.9 Å². The van der Waals surface area contributed by atoms with Crippen LogP contribution in [0.15, 0.2) is 176 Å². The van der Waals surface area contributed by atoms with E-state index in [9.17, 15) is 14.4 Å². The van der Waals surface area contributed by atoms with Gasteiger partial charge in [-0.15, -0.1) is 0 Å². The standard InChI is InChI=1S/C49H41N3O6/c1-56-46(53)35-27-25-34(26-28-35)31-57-47(54)45(51-48(55)58-32-44-42-23-13-11-21-40(42)41-22-12-14-24-43(41)44)29-39-30-52(33-50-39)49(36-15-5-2-6-16-36,37-17-7-3-8-18-37)38-19-9-4-10-20-38/h2-28,30,33,44-45H,29,31-32H2,1H3,(H,51,55)/t45-/m0/s1. The Morgan fingerprint density at radius 1 is 0.672 bits per heavy atom. The summed E-state index contributed by atoms with van der Waals surface area (Å²) in [4.78, 5) is 44.3. The summed E-state index contributed by atoms with van der Waals surface area (Å²) < 4.78 is 18.5. The average molecular weight is 768 g/mol. The lowest BCUT2D eigenvalue weighted by molar-refractivity contribution is -0.147. The van der Waals surface area contributed by atoms with E-state index in [1.54, 1.807) is 30.6 Å². The number of nitrogens with one attached hydrogen (secondary N) is 1. The monoisotopic (exact) mass is 767 g/mol. The minimum Gasteiger partial charge on any atom is -0.465 e. The molecule has 0 radical (unpaired) electrons. The van der Waals surface area contributed by atoms with Gasteiger partial charge in [-0.3, -0.25) is 0 Å². The van der Waals surface area contributed by atoms with E-state index in [-0.39, 0.29) is 25.6 Å². The molecule has 8 rings (SSSR count). The Morgan fingerprint density at radius 2 is 1.19 bits per heavy atom. The first-order valence-electron chi connectivity index (χ1n) is 19.1. The zero-order valence-electron chi connectivity index (χ0n) is 31.9. The van der Waals surface area contributed by atoms with E-state index in [1.165, 1.54) is 7.11 Å². The maximum atomic E-state index is 13.9. The van der Waals surface area contributed by atoms with Crippen LogP contribution in [0, 0.1) is 0 Å². The number of aromatic nitrogens is 2. The lowest BCUT2D eigenvalue weighted by Crippen LogP contribution is -2.44. The minimum absolute atomic E-state index is 0.0196. The number of alkyl carbamates (subject to hydrolysis) is 1. The number of hydrogen-bond acceptors (Lipinski definition) is 7. The Kier molecular flexibility index (Phi) is 10.9. The van der Waals surface area contributed by atoms with Crippen molar-refractivity contribution in [3.05, 3.63) is 221 Å². The van der Waals surface area contributed by atoms with Gasteiger partial charge in [-0.25, -0.2) is 19.4 Å². The molecule has 1 aliphatic carbocycles. The topological polar surface area (TPSA) is 109 Å². The van der Waals surface area contributed by atoms with Crippen molar-refractivity contribution in [2.75, 3.05) is 13.7 Å². The summed E-state index contributed by atoms with van der Waals surface area (Å²) in [6.07, 6.45) is 2.95. The lowest BCUT2D eigenvalue weighted by atomic mass is 9.77. The Hall–Kier alpha value is -7.26. The predicted octanol–water partition coefficient (Wildman–Crippen LogP) is 8.70. The number of amides is 1. The number of carbonyl (C=O) groups is 3. The van der Waals surface area contributed by atoms with Crippen LogP contribution in [0.25, 0.3) is 11.1 Å². The average Bonchev–Trinajstić information content (AvgIpc) is 3.88. The van der Waals surface area contributed by atoms with E-state index in [4.69, 9.17) is 19.2 Å². The fourth-order valence-electron chi connectivity index (χ4n) is 7.93. The Morgan fingerprint density at radius 3 is 1.72 bits per heavy atom. The van der Waals surface area contributed by atoms with Crippen LogP contribution >= 0.6 is 0 Å². The minimum atomic E-state index is -1.15. The first kappa shape index (κ1) is 37.7. The Labute approximate surface area is 336 Å². The molecule has 1 heterocycles. The number of rotatable bonds is 13. The fraction of sp³-hybridized carbons (Fsp3) is 0.143. The summed E-state index contributed by atoms with van der Waals surface area (Å²) in [7, 11) is 1.32. The second-order valence-electron chi connectivity index (χ2n) is 14.1. The molecule has 0 spiro atoms. The molecule has 0 bridgehead atoms. The molecule has 7 aromatic rings. The van der Waals surface area contributed by atoms with E-state index in [1.807, 2.05) is 85.1 Å². The molecule has 6 aromatic carbocycles. The zero-order chi connectivity index (χ0) is 39.9. The molecule has 0 fully saturated rings. The molecule has 0 saturated heterocycles. The van der Waals surface area contributed by atoms with E-state index < -0.39 is 29.6 Å². The summed E-state index contributed by atoms with van der Waals surface area (Å²) in [5.74, 6) is -1.29. The Balaban J connectivity index is 1.08. The third-order valence-electron chi connectivity index (χ3n) is 10.7. The fourth-order valence-corrected chi connectivity index (χ4v) is 7.93. The van der Waals surface area contributed by atoms with Gasteiger partial charge in [0.2, 0.25) is 0 Å². The highest BCUT2D eigenvalue weighted by molar-refractivity contribution is 5.89.